The Labute approximate surface area is 118 Å². The summed E-state index contributed by atoms with van der Waals surface area (Å²) in [7, 11) is -3.82. The highest BCUT2D eigenvalue weighted by molar-refractivity contribution is 9.10. The van der Waals surface area contributed by atoms with Crippen LogP contribution in [0, 0.1) is 12.7 Å². The molecule has 100 valence electrons. The van der Waals surface area contributed by atoms with Crippen LogP contribution in [0.5, 0.6) is 0 Å². The number of benzene rings is 1. The van der Waals surface area contributed by atoms with E-state index in [-0.39, 0.29) is 9.37 Å². The number of nitrogens with zero attached hydrogens (tertiary/aromatic N) is 1. The van der Waals surface area contributed by atoms with E-state index in [0.29, 0.717) is 5.69 Å². The van der Waals surface area contributed by atoms with Gasteiger partial charge in [0.2, 0.25) is 0 Å². The van der Waals surface area contributed by atoms with Crippen molar-refractivity contribution in [3.05, 3.63) is 52.5 Å². The molecule has 0 aliphatic heterocycles. The van der Waals surface area contributed by atoms with Gasteiger partial charge in [0.15, 0.2) is 0 Å². The van der Waals surface area contributed by atoms with E-state index in [1.165, 1.54) is 18.3 Å². The number of halogens is 2. The topological polar surface area (TPSA) is 59.1 Å². The molecule has 0 aliphatic carbocycles. The van der Waals surface area contributed by atoms with Gasteiger partial charge in [-0.3, -0.25) is 9.71 Å². The molecule has 1 aromatic heterocycles. The van der Waals surface area contributed by atoms with Gasteiger partial charge in [-0.1, -0.05) is 0 Å². The number of rotatable bonds is 3. The Bertz CT molecular complexity index is 702. The van der Waals surface area contributed by atoms with Crippen molar-refractivity contribution in [2.45, 2.75) is 11.8 Å². The molecule has 2 aromatic rings. The van der Waals surface area contributed by atoms with Gasteiger partial charge in [0, 0.05) is 5.69 Å². The number of hydrogen-bond acceptors (Lipinski definition) is 3. The van der Waals surface area contributed by atoms with E-state index in [2.05, 4.69) is 25.6 Å². The quantitative estimate of drug-likeness (QED) is 0.930. The van der Waals surface area contributed by atoms with Gasteiger partial charge in [0.05, 0.1) is 21.3 Å². The first-order valence-electron chi connectivity index (χ1n) is 5.29. The minimum Gasteiger partial charge on any atom is -0.278 e. The highest BCUT2D eigenvalue weighted by Gasteiger charge is 2.16. The predicted octanol–water partition coefficient (Wildman–Crippen LogP) is 3.09. The smallest absolute Gasteiger partial charge is 0.262 e. The summed E-state index contributed by atoms with van der Waals surface area (Å²) < 4.78 is 40.0. The molecule has 0 bridgehead atoms. The van der Waals surface area contributed by atoms with Crippen LogP contribution in [0.3, 0.4) is 0 Å². The fraction of sp³-hybridized carbons (Fsp3) is 0.0833. The van der Waals surface area contributed by atoms with Crippen LogP contribution in [-0.2, 0) is 10.0 Å². The summed E-state index contributed by atoms with van der Waals surface area (Å²) in [5.41, 5.74) is 1.10. The van der Waals surface area contributed by atoms with Crippen molar-refractivity contribution >= 4 is 31.6 Å². The molecule has 1 aromatic carbocycles. The first kappa shape index (κ1) is 14.0. The van der Waals surface area contributed by atoms with Crippen LogP contribution in [0.15, 0.2) is 45.9 Å². The summed E-state index contributed by atoms with van der Waals surface area (Å²) in [5, 5.41) is 0. The van der Waals surface area contributed by atoms with Gasteiger partial charge in [-0.25, -0.2) is 12.8 Å². The van der Waals surface area contributed by atoms with Crippen LogP contribution in [0.1, 0.15) is 5.69 Å². The molecule has 4 nitrogen and oxygen atoms in total. The monoisotopic (exact) mass is 344 g/mol. The van der Waals surface area contributed by atoms with Crippen LogP contribution in [0.25, 0.3) is 0 Å². The van der Waals surface area contributed by atoms with Crippen molar-refractivity contribution in [2.75, 3.05) is 4.72 Å². The van der Waals surface area contributed by atoms with Crippen molar-refractivity contribution in [3.63, 3.8) is 0 Å². The van der Waals surface area contributed by atoms with E-state index in [1.54, 1.807) is 19.1 Å². The van der Waals surface area contributed by atoms with Gasteiger partial charge < -0.3 is 0 Å². The molecule has 7 heteroatoms. The SMILES string of the molecule is Cc1ccc(NS(=O)(=O)c2ccc(Br)c(F)c2)cn1. The van der Waals surface area contributed by atoms with Gasteiger partial charge in [-0.2, -0.15) is 0 Å². The summed E-state index contributed by atoms with van der Waals surface area (Å²) in [6.45, 7) is 1.79. The Balaban J connectivity index is 2.32. The molecule has 0 amide bonds. The lowest BCUT2D eigenvalue weighted by Crippen LogP contribution is -2.13. The third kappa shape index (κ3) is 3.30. The summed E-state index contributed by atoms with van der Waals surface area (Å²) in [5.74, 6) is -0.634. The molecule has 0 atom stereocenters. The van der Waals surface area contributed by atoms with Crippen LogP contribution in [0.4, 0.5) is 10.1 Å². The van der Waals surface area contributed by atoms with Crippen molar-refractivity contribution < 1.29 is 12.8 Å². The summed E-state index contributed by atoms with van der Waals surface area (Å²) in [6, 6.07) is 6.89. The molecule has 2 rings (SSSR count). The normalized spacial score (nSPS) is 11.3. The zero-order valence-corrected chi connectivity index (χ0v) is 12.3. The lowest BCUT2D eigenvalue weighted by atomic mass is 10.3. The van der Waals surface area contributed by atoms with Gasteiger partial charge in [-0.15, -0.1) is 0 Å². The number of aryl methyl sites for hydroxylation is 1. The third-order valence-corrected chi connectivity index (χ3v) is 4.39. The molecule has 1 heterocycles. The first-order chi connectivity index (χ1) is 8.88. The van der Waals surface area contributed by atoms with Gasteiger partial charge in [0.25, 0.3) is 10.0 Å². The number of anilines is 1. The molecule has 1 N–H and O–H groups in total. The van der Waals surface area contributed by atoms with Crippen molar-refractivity contribution in [2.24, 2.45) is 0 Å². The lowest BCUT2D eigenvalue weighted by molar-refractivity contribution is 0.593. The van der Waals surface area contributed by atoms with Crippen LogP contribution >= 0.6 is 15.9 Å². The highest BCUT2D eigenvalue weighted by Crippen LogP contribution is 2.21. The molecule has 19 heavy (non-hydrogen) atoms. The molecule has 0 aliphatic rings. The second kappa shape index (κ2) is 5.26. The summed E-state index contributed by atoms with van der Waals surface area (Å²) >= 11 is 2.97. The average Bonchev–Trinajstić information content (AvgIpc) is 2.35. The molecule has 0 saturated carbocycles. The Hall–Kier alpha value is -1.47. The van der Waals surface area contributed by atoms with Crippen LogP contribution in [-0.4, -0.2) is 13.4 Å². The Morgan fingerprint density at radius 3 is 2.58 bits per heavy atom. The number of pyridine rings is 1. The van der Waals surface area contributed by atoms with E-state index in [4.69, 9.17) is 0 Å². The fourth-order valence-electron chi connectivity index (χ4n) is 1.39. The molecule has 0 saturated heterocycles. The number of nitrogens with one attached hydrogen (secondary N) is 1. The molecule has 0 spiro atoms. The second-order valence-corrected chi connectivity index (χ2v) is 6.41. The van der Waals surface area contributed by atoms with Crippen LogP contribution in [0.2, 0.25) is 0 Å². The Morgan fingerprint density at radius 2 is 2.00 bits per heavy atom. The largest absolute Gasteiger partial charge is 0.278 e. The number of aromatic nitrogens is 1. The minimum absolute atomic E-state index is 0.145. The summed E-state index contributed by atoms with van der Waals surface area (Å²) in [6.07, 6.45) is 1.40. The fourth-order valence-corrected chi connectivity index (χ4v) is 2.69. The molecule has 0 radical (unpaired) electrons. The average molecular weight is 345 g/mol. The van der Waals surface area contributed by atoms with Crippen molar-refractivity contribution in [3.8, 4) is 0 Å². The molecule has 0 fully saturated rings. The Kier molecular flexibility index (Phi) is 3.86. The van der Waals surface area contributed by atoms with Crippen molar-refractivity contribution in [1.82, 2.24) is 4.98 Å². The standard InChI is InChI=1S/C12H10BrFN2O2S/c1-8-2-3-9(7-15-8)16-19(17,18)10-4-5-11(13)12(14)6-10/h2-7,16H,1H3. The van der Waals surface area contributed by atoms with E-state index >= 15 is 0 Å². The maximum absolute atomic E-state index is 13.3. The van der Waals surface area contributed by atoms with Crippen molar-refractivity contribution in [1.29, 1.82) is 0 Å². The Morgan fingerprint density at radius 1 is 1.26 bits per heavy atom. The maximum Gasteiger partial charge on any atom is 0.262 e. The minimum atomic E-state index is -3.82. The van der Waals surface area contributed by atoms with E-state index in [9.17, 15) is 12.8 Å². The first-order valence-corrected chi connectivity index (χ1v) is 7.56. The van der Waals surface area contributed by atoms with Crippen LogP contribution < -0.4 is 4.72 Å². The highest BCUT2D eigenvalue weighted by atomic mass is 79.9. The van der Waals surface area contributed by atoms with E-state index in [1.807, 2.05) is 0 Å². The zero-order chi connectivity index (χ0) is 14.0. The lowest BCUT2D eigenvalue weighted by Gasteiger charge is -2.08. The number of hydrogen-bond donors (Lipinski definition) is 1. The maximum atomic E-state index is 13.3. The number of sulfonamides is 1. The molecular weight excluding hydrogens is 335 g/mol. The molecular formula is C12H10BrFN2O2S. The predicted molar refractivity (Wildman–Crippen MR) is 73.9 cm³/mol. The van der Waals surface area contributed by atoms with Gasteiger partial charge >= 0.3 is 0 Å². The van der Waals surface area contributed by atoms with E-state index < -0.39 is 15.8 Å². The molecule has 0 unspecified atom stereocenters. The second-order valence-electron chi connectivity index (χ2n) is 3.87. The van der Waals surface area contributed by atoms with Gasteiger partial charge in [0.1, 0.15) is 5.82 Å². The van der Waals surface area contributed by atoms with Gasteiger partial charge in [-0.05, 0) is 53.2 Å². The summed E-state index contributed by atoms with van der Waals surface area (Å²) in [4.78, 5) is 3.84. The van der Waals surface area contributed by atoms with E-state index in [0.717, 1.165) is 11.8 Å². The third-order valence-electron chi connectivity index (χ3n) is 2.36. The zero-order valence-electron chi connectivity index (χ0n) is 9.89.